The molecule has 0 bridgehead atoms. The maximum atomic E-state index is 12.1. The summed E-state index contributed by atoms with van der Waals surface area (Å²) in [6.45, 7) is 2.65. The Hall–Kier alpha value is -1.88. The van der Waals surface area contributed by atoms with E-state index in [9.17, 15) is 9.59 Å². The van der Waals surface area contributed by atoms with Crippen molar-refractivity contribution in [2.75, 3.05) is 13.1 Å². The molecule has 0 unspecified atom stereocenters. The van der Waals surface area contributed by atoms with E-state index in [0.717, 1.165) is 24.2 Å². The van der Waals surface area contributed by atoms with Crippen LogP contribution in [0.4, 0.5) is 0 Å². The number of carbonyl (C=O) groups excluding carboxylic acids is 1. The minimum atomic E-state index is -0.925. The first-order valence-electron chi connectivity index (χ1n) is 6.00. The average molecular weight is 246 g/mol. The lowest BCUT2D eigenvalue weighted by Crippen LogP contribution is -2.50. The Balaban J connectivity index is 1.78. The molecule has 1 saturated heterocycles. The van der Waals surface area contributed by atoms with Crippen LogP contribution in [0.5, 0.6) is 0 Å². The summed E-state index contributed by atoms with van der Waals surface area (Å²) in [5, 5.41) is 12.0. The molecular weight excluding hydrogens is 232 g/mol. The normalized spacial score (nSPS) is 18.3. The van der Waals surface area contributed by atoms with Gasteiger partial charge in [-0.25, -0.2) is 4.79 Å². The Labute approximate surface area is 104 Å². The molecule has 1 aromatic rings. The fourth-order valence-electron chi connectivity index (χ4n) is 2.40. The summed E-state index contributed by atoms with van der Waals surface area (Å²) in [5.41, 5.74) is 2.30. The van der Waals surface area contributed by atoms with Crippen LogP contribution in [0.15, 0.2) is 18.2 Å². The number of hydrogen-bond donors (Lipinski definition) is 2. The molecule has 0 saturated carbocycles. The van der Waals surface area contributed by atoms with Crippen molar-refractivity contribution in [3.8, 4) is 0 Å². The van der Waals surface area contributed by atoms with Crippen LogP contribution in [-0.2, 0) is 17.9 Å². The van der Waals surface area contributed by atoms with Crippen molar-refractivity contribution >= 4 is 11.9 Å². The lowest BCUT2D eigenvalue weighted by Gasteiger charge is -2.29. The van der Waals surface area contributed by atoms with Crippen LogP contribution in [0.1, 0.15) is 21.5 Å². The average Bonchev–Trinajstić information content (AvgIpc) is 2.68. The van der Waals surface area contributed by atoms with Gasteiger partial charge in [-0.15, -0.1) is 0 Å². The fourth-order valence-corrected chi connectivity index (χ4v) is 2.40. The molecule has 0 radical (unpaired) electrons. The van der Waals surface area contributed by atoms with Crippen LogP contribution in [0.2, 0.25) is 0 Å². The molecule has 5 heteroatoms. The van der Waals surface area contributed by atoms with E-state index in [0.29, 0.717) is 13.1 Å². The van der Waals surface area contributed by atoms with Gasteiger partial charge in [0.15, 0.2) is 0 Å². The SMILES string of the molecule is O=C(O)c1ccc2c(c1)CN(C(=O)C1CNC1)C2. The highest BCUT2D eigenvalue weighted by Gasteiger charge is 2.32. The molecule has 1 aromatic carbocycles. The third-order valence-corrected chi connectivity index (χ3v) is 3.62. The van der Waals surface area contributed by atoms with Gasteiger partial charge in [-0.3, -0.25) is 4.79 Å². The highest BCUT2D eigenvalue weighted by Crippen LogP contribution is 2.25. The van der Waals surface area contributed by atoms with Gasteiger partial charge in [0.25, 0.3) is 0 Å². The van der Waals surface area contributed by atoms with Crippen molar-refractivity contribution in [2.45, 2.75) is 13.1 Å². The summed E-state index contributed by atoms with van der Waals surface area (Å²) in [6, 6.07) is 5.08. The monoisotopic (exact) mass is 246 g/mol. The number of rotatable bonds is 2. The number of nitrogens with one attached hydrogen (secondary N) is 1. The van der Waals surface area contributed by atoms with Gasteiger partial charge in [0.1, 0.15) is 0 Å². The highest BCUT2D eigenvalue weighted by atomic mass is 16.4. The minimum absolute atomic E-state index is 0.0956. The maximum absolute atomic E-state index is 12.1. The molecule has 2 N–H and O–H groups in total. The molecule has 1 amide bonds. The van der Waals surface area contributed by atoms with E-state index >= 15 is 0 Å². The second-order valence-electron chi connectivity index (χ2n) is 4.84. The molecular formula is C13H14N2O3. The van der Waals surface area contributed by atoms with Crippen molar-refractivity contribution in [2.24, 2.45) is 5.92 Å². The summed E-state index contributed by atoms with van der Waals surface area (Å²) in [7, 11) is 0. The number of aromatic carboxylic acids is 1. The van der Waals surface area contributed by atoms with Crippen LogP contribution in [0, 0.1) is 5.92 Å². The largest absolute Gasteiger partial charge is 0.478 e. The zero-order chi connectivity index (χ0) is 12.7. The van der Waals surface area contributed by atoms with Crippen LogP contribution in [0.25, 0.3) is 0 Å². The van der Waals surface area contributed by atoms with Crippen molar-refractivity contribution in [3.05, 3.63) is 34.9 Å². The fraction of sp³-hybridized carbons (Fsp3) is 0.385. The van der Waals surface area contributed by atoms with E-state index in [1.165, 1.54) is 0 Å². The summed E-state index contributed by atoms with van der Waals surface area (Å²) >= 11 is 0. The molecule has 5 nitrogen and oxygen atoms in total. The molecule has 3 rings (SSSR count). The van der Waals surface area contributed by atoms with Gasteiger partial charge < -0.3 is 15.3 Å². The van der Waals surface area contributed by atoms with E-state index in [-0.39, 0.29) is 17.4 Å². The zero-order valence-corrected chi connectivity index (χ0v) is 9.85. The van der Waals surface area contributed by atoms with E-state index in [1.807, 2.05) is 11.0 Å². The smallest absolute Gasteiger partial charge is 0.335 e. The molecule has 2 aliphatic rings. The summed E-state index contributed by atoms with van der Waals surface area (Å²) < 4.78 is 0. The van der Waals surface area contributed by atoms with Gasteiger partial charge in [0.2, 0.25) is 5.91 Å². The Morgan fingerprint density at radius 3 is 2.56 bits per heavy atom. The van der Waals surface area contributed by atoms with Crippen molar-refractivity contribution < 1.29 is 14.7 Å². The second kappa shape index (κ2) is 4.10. The topological polar surface area (TPSA) is 69.6 Å². The molecule has 0 atom stereocenters. The minimum Gasteiger partial charge on any atom is -0.478 e. The molecule has 0 aliphatic carbocycles. The number of carboxylic acid groups (broad SMARTS) is 1. The van der Waals surface area contributed by atoms with Crippen LogP contribution >= 0.6 is 0 Å². The third kappa shape index (κ3) is 1.76. The number of nitrogens with zero attached hydrogens (tertiary/aromatic N) is 1. The first kappa shape index (κ1) is 11.2. The molecule has 1 fully saturated rings. The zero-order valence-electron chi connectivity index (χ0n) is 9.85. The number of fused-ring (bicyclic) bond motifs is 1. The van der Waals surface area contributed by atoms with Gasteiger partial charge in [0.05, 0.1) is 11.5 Å². The number of carbonyl (C=O) groups is 2. The molecule has 2 aliphatic heterocycles. The Morgan fingerprint density at radius 1 is 1.22 bits per heavy atom. The van der Waals surface area contributed by atoms with Gasteiger partial charge in [-0.05, 0) is 23.3 Å². The van der Waals surface area contributed by atoms with Crippen molar-refractivity contribution in [3.63, 3.8) is 0 Å². The van der Waals surface area contributed by atoms with E-state index in [2.05, 4.69) is 5.32 Å². The third-order valence-electron chi connectivity index (χ3n) is 3.62. The maximum Gasteiger partial charge on any atom is 0.335 e. The van der Waals surface area contributed by atoms with E-state index < -0.39 is 5.97 Å². The Kier molecular flexibility index (Phi) is 2.56. The molecule has 0 spiro atoms. The highest BCUT2D eigenvalue weighted by molar-refractivity contribution is 5.88. The predicted molar refractivity (Wildman–Crippen MR) is 64.0 cm³/mol. The van der Waals surface area contributed by atoms with Crippen LogP contribution < -0.4 is 5.32 Å². The quantitative estimate of drug-likeness (QED) is 0.794. The van der Waals surface area contributed by atoms with E-state index in [1.54, 1.807) is 12.1 Å². The van der Waals surface area contributed by atoms with Gasteiger partial charge in [-0.2, -0.15) is 0 Å². The molecule has 2 heterocycles. The van der Waals surface area contributed by atoms with Gasteiger partial charge in [-0.1, -0.05) is 6.07 Å². The standard InChI is InChI=1S/C13H14N2O3/c16-12(11-4-14-5-11)15-6-9-2-1-8(13(17)18)3-10(9)7-15/h1-3,11,14H,4-7H2,(H,17,18). The second-order valence-corrected chi connectivity index (χ2v) is 4.84. The van der Waals surface area contributed by atoms with Crippen molar-refractivity contribution in [1.29, 1.82) is 0 Å². The Bertz CT molecular complexity index is 523. The first-order chi connectivity index (χ1) is 8.65. The summed E-state index contributed by atoms with van der Waals surface area (Å²) in [4.78, 5) is 24.8. The number of hydrogen-bond acceptors (Lipinski definition) is 3. The predicted octanol–water partition coefficient (Wildman–Crippen LogP) is 0.446. The van der Waals surface area contributed by atoms with Gasteiger partial charge >= 0.3 is 5.97 Å². The van der Waals surface area contributed by atoms with Gasteiger partial charge in [0, 0.05) is 26.2 Å². The van der Waals surface area contributed by atoms with Crippen LogP contribution in [-0.4, -0.2) is 35.0 Å². The van der Waals surface area contributed by atoms with Crippen LogP contribution in [0.3, 0.4) is 0 Å². The number of amides is 1. The lowest BCUT2D eigenvalue weighted by molar-refractivity contribution is -0.137. The molecule has 94 valence electrons. The number of benzene rings is 1. The summed E-state index contributed by atoms with van der Waals surface area (Å²) in [5.74, 6) is -0.661. The first-order valence-corrected chi connectivity index (χ1v) is 6.00. The number of carboxylic acids is 1. The van der Waals surface area contributed by atoms with Crippen molar-refractivity contribution in [1.82, 2.24) is 10.2 Å². The Morgan fingerprint density at radius 2 is 1.94 bits per heavy atom. The summed E-state index contributed by atoms with van der Waals surface area (Å²) in [6.07, 6.45) is 0. The molecule has 0 aromatic heterocycles. The lowest BCUT2D eigenvalue weighted by atomic mass is 10.0. The van der Waals surface area contributed by atoms with E-state index in [4.69, 9.17) is 5.11 Å². The molecule has 18 heavy (non-hydrogen) atoms.